The van der Waals surface area contributed by atoms with Gasteiger partial charge in [0.05, 0.1) is 11.7 Å². The smallest absolute Gasteiger partial charge is 0.126 e. The lowest BCUT2D eigenvalue weighted by atomic mass is 10.0. The zero-order valence-electron chi connectivity index (χ0n) is 13.3. The maximum absolute atomic E-state index is 13.5. The number of benzene rings is 1. The Morgan fingerprint density at radius 1 is 1.19 bits per heavy atom. The van der Waals surface area contributed by atoms with Crippen LogP contribution in [0.25, 0.3) is 0 Å². The maximum atomic E-state index is 13.5. The van der Waals surface area contributed by atoms with Gasteiger partial charge in [0.1, 0.15) is 10.8 Å². The molecule has 2 nitrogen and oxygen atoms in total. The van der Waals surface area contributed by atoms with Crippen molar-refractivity contribution in [2.45, 2.75) is 52.6 Å². The lowest BCUT2D eigenvalue weighted by Gasteiger charge is -2.20. The molecule has 2 aromatic rings. The minimum Gasteiger partial charge on any atom is -0.302 e. The van der Waals surface area contributed by atoms with Crippen molar-refractivity contribution in [2.75, 3.05) is 0 Å². The van der Waals surface area contributed by atoms with Crippen LogP contribution in [0.3, 0.4) is 0 Å². The standard InChI is InChI=1S/C17H23FN2S/c1-10(2)15-9-21-17(20-15)16(19-11(3)4)13-6-7-14(18)12(5)8-13/h6-11,16,19H,1-5H3. The first-order chi connectivity index (χ1) is 9.88. The van der Waals surface area contributed by atoms with Crippen molar-refractivity contribution in [1.82, 2.24) is 10.3 Å². The summed E-state index contributed by atoms with van der Waals surface area (Å²) in [6.45, 7) is 10.3. The highest BCUT2D eigenvalue weighted by Gasteiger charge is 2.20. The molecule has 1 heterocycles. The first kappa shape index (κ1) is 16.1. The molecule has 21 heavy (non-hydrogen) atoms. The third-order valence-electron chi connectivity index (χ3n) is 3.39. The van der Waals surface area contributed by atoms with E-state index in [9.17, 15) is 4.39 Å². The summed E-state index contributed by atoms with van der Waals surface area (Å²) in [5, 5.41) is 6.69. The SMILES string of the molecule is Cc1cc(C(NC(C)C)c2nc(C(C)C)cs2)ccc1F. The van der Waals surface area contributed by atoms with Gasteiger partial charge in [-0.1, -0.05) is 26.0 Å². The van der Waals surface area contributed by atoms with E-state index < -0.39 is 0 Å². The molecule has 4 heteroatoms. The summed E-state index contributed by atoms with van der Waals surface area (Å²) in [5.41, 5.74) is 2.85. The van der Waals surface area contributed by atoms with E-state index in [-0.39, 0.29) is 11.9 Å². The van der Waals surface area contributed by atoms with E-state index in [4.69, 9.17) is 4.98 Å². The van der Waals surface area contributed by atoms with Crippen molar-refractivity contribution < 1.29 is 4.39 Å². The van der Waals surface area contributed by atoms with Crippen molar-refractivity contribution in [1.29, 1.82) is 0 Å². The van der Waals surface area contributed by atoms with Gasteiger partial charge in [0.2, 0.25) is 0 Å². The normalized spacial score (nSPS) is 13.1. The third-order valence-corrected chi connectivity index (χ3v) is 4.32. The molecule has 1 atom stereocenters. The second-order valence-electron chi connectivity index (χ2n) is 6.03. The van der Waals surface area contributed by atoms with Gasteiger partial charge in [-0.15, -0.1) is 11.3 Å². The van der Waals surface area contributed by atoms with Crippen LogP contribution in [-0.2, 0) is 0 Å². The van der Waals surface area contributed by atoms with Crippen molar-refractivity contribution in [3.05, 3.63) is 51.2 Å². The lowest BCUT2D eigenvalue weighted by molar-refractivity contribution is 0.524. The van der Waals surface area contributed by atoms with Crippen molar-refractivity contribution in [3.63, 3.8) is 0 Å². The van der Waals surface area contributed by atoms with E-state index in [1.165, 1.54) is 6.07 Å². The number of aromatic nitrogens is 1. The van der Waals surface area contributed by atoms with Crippen LogP contribution in [0.4, 0.5) is 4.39 Å². The van der Waals surface area contributed by atoms with E-state index in [2.05, 4.69) is 38.4 Å². The lowest BCUT2D eigenvalue weighted by Crippen LogP contribution is -2.29. The summed E-state index contributed by atoms with van der Waals surface area (Å²) in [4.78, 5) is 4.75. The molecule has 0 bridgehead atoms. The fourth-order valence-corrected chi connectivity index (χ4v) is 3.25. The predicted molar refractivity (Wildman–Crippen MR) is 87.5 cm³/mol. The first-order valence-electron chi connectivity index (χ1n) is 7.36. The Hall–Kier alpha value is -1.26. The molecule has 0 fully saturated rings. The third kappa shape index (κ3) is 3.89. The van der Waals surface area contributed by atoms with Crippen LogP contribution in [-0.4, -0.2) is 11.0 Å². The van der Waals surface area contributed by atoms with Crippen LogP contribution in [0, 0.1) is 12.7 Å². The number of halogens is 1. The van der Waals surface area contributed by atoms with Gasteiger partial charge in [0, 0.05) is 11.4 Å². The molecule has 2 rings (SSSR count). The quantitative estimate of drug-likeness (QED) is 0.858. The van der Waals surface area contributed by atoms with E-state index >= 15 is 0 Å². The van der Waals surface area contributed by atoms with Crippen LogP contribution < -0.4 is 5.32 Å². The molecule has 114 valence electrons. The fourth-order valence-electron chi connectivity index (χ4n) is 2.19. The summed E-state index contributed by atoms with van der Waals surface area (Å²) in [5.74, 6) is 0.258. The molecule has 0 saturated heterocycles. The Kier molecular flexibility index (Phi) is 5.12. The number of thiazole rings is 1. The van der Waals surface area contributed by atoms with E-state index in [0.29, 0.717) is 17.5 Å². The number of nitrogens with zero attached hydrogens (tertiary/aromatic N) is 1. The summed E-state index contributed by atoms with van der Waals surface area (Å²) >= 11 is 1.67. The zero-order chi connectivity index (χ0) is 15.6. The topological polar surface area (TPSA) is 24.9 Å². The van der Waals surface area contributed by atoms with Crippen LogP contribution in [0.5, 0.6) is 0 Å². The Bertz CT molecular complexity index is 605. The van der Waals surface area contributed by atoms with Crippen molar-refractivity contribution >= 4 is 11.3 Å². The second kappa shape index (κ2) is 6.67. The number of nitrogens with one attached hydrogen (secondary N) is 1. The van der Waals surface area contributed by atoms with Gasteiger partial charge >= 0.3 is 0 Å². The number of hydrogen-bond acceptors (Lipinski definition) is 3. The maximum Gasteiger partial charge on any atom is 0.126 e. The Labute approximate surface area is 130 Å². The van der Waals surface area contributed by atoms with Crippen LogP contribution >= 0.6 is 11.3 Å². The Morgan fingerprint density at radius 3 is 2.43 bits per heavy atom. The molecule has 0 aliphatic heterocycles. The number of hydrogen-bond donors (Lipinski definition) is 1. The van der Waals surface area contributed by atoms with E-state index in [1.807, 2.05) is 12.1 Å². The average Bonchev–Trinajstić information content (AvgIpc) is 2.89. The minimum atomic E-state index is -0.163. The van der Waals surface area contributed by atoms with Gasteiger partial charge < -0.3 is 5.32 Å². The van der Waals surface area contributed by atoms with Crippen molar-refractivity contribution in [2.24, 2.45) is 0 Å². The highest BCUT2D eigenvalue weighted by atomic mass is 32.1. The first-order valence-corrected chi connectivity index (χ1v) is 8.24. The molecule has 0 amide bonds. The van der Waals surface area contributed by atoms with Crippen molar-refractivity contribution in [3.8, 4) is 0 Å². The molecule has 1 unspecified atom stereocenters. The monoisotopic (exact) mass is 306 g/mol. The Morgan fingerprint density at radius 2 is 1.90 bits per heavy atom. The molecule has 0 radical (unpaired) electrons. The van der Waals surface area contributed by atoms with Gasteiger partial charge in [-0.25, -0.2) is 9.37 Å². The fraction of sp³-hybridized carbons (Fsp3) is 0.471. The molecule has 1 N–H and O–H groups in total. The van der Waals surface area contributed by atoms with Gasteiger partial charge in [-0.3, -0.25) is 0 Å². The number of rotatable bonds is 5. The minimum absolute atomic E-state index is 0.0156. The molecule has 0 aliphatic carbocycles. The largest absolute Gasteiger partial charge is 0.302 e. The molecular formula is C17H23FN2S. The van der Waals surface area contributed by atoms with Crippen LogP contribution in [0.1, 0.15) is 61.5 Å². The summed E-state index contributed by atoms with van der Waals surface area (Å²) in [6.07, 6.45) is 0. The van der Waals surface area contributed by atoms with E-state index in [0.717, 1.165) is 16.3 Å². The highest BCUT2D eigenvalue weighted by Crippen LogP contribution is 2.29. The van der Waals surface area contributed by atoms with Gasteiger partial charge in [-0.05, 0) is 43.9 Å². The van der Waals surface area contributed by atoms with E-state index in [1.54, 1.807) is 18.3 Å². The zero-order valence-corrected chi connectivity index (χ0v) is 14.1. The molecule has 0 saturated carbocycles. The van der Waals surface area contributed by atoms with Crippen LogP contribution in [0.15, 0.2) is 23.6 Å². The summed E-state index contributed by atoms with van der Waals surface area (Å²) < 4.78 is 13.5. The average molecular weight is 306 g/mol. The summed E-state index contributed by atoms with van der Waals surface area (Å²) in [6, 6.07) is 5.63. The molecule has 1 aromatic heterocycles. The van der Waals surface area contributed by atoms with Crippen LogP contribution in [0.2, 0.25) is 0 Å². The molecule has 0 spiro atoms. The molecule has 0 aliphatic rings. The van der Waals surface area contributed by atoms with Gasteiger partial charge in [-0.2, -0.15) is 0 Å². The predicted octanol–water partition coefficient (Wildman–Crippen LogP) is 4.80. The molecular weight excluding hydrogens is 283 g/mol. The highest BCUT2D eigenvalue weighted by molar-refractivity contribution is 7.09. The molecule has 1 aromatic carbocycles. The van der Waals surface area contributed by atoms with Gasteiger partial charge in [0.15, 0.2) is 0 Å². The second-order valence-corrected chi connectivity index (χ2v) is 6.92. The summed E-state index contributed by atoms with van der Waals surface area (Å²) in [7, 11) is 0. The number of aryl methyl sites for hydroxylation is 1. The Balaban J connectivity index is 2.39. The van der Waals surface area contributed by atoms with Gasteiger partial charge in [0.25, 0.3) is 0 Å².